The van der Waals surface area contributed by atoms with Gasteiger partial charge in [-0.1, -0.05) is 0 Å². The number of allylic oxidation sites excluding steroid dienone is 3. The summed E-state index contributed by atoms with van der Waals surface area (Å²) < 4.78 is 0.913. The Labute approximate surface area is 124 Å². The van der Waals surface area contributed by atoms with E-state index in [1.165, 1.54) is 0 Å². The van der Waals surface area contributed by atoms with E-state index < -0.39 is 0 Å². The standard InChI is InChI=1S/C14H23BrN4/c1-9-10(2)19-13(11(15)7-16-6)12(18-9)8-17-14(3,4)5/h7-8,17-19H,1-6H3/b12-8-,13-11-,16-7?. The molecule has 0 radical (unpaired) electrons. The van der Waals surface area contributed by atoms with Gasteiger partial charge in [0.15, 0.2) is 0 Å². The second kappa shape index (κ2) is 6.28. The van der Waals surface area contributed by atoms with Gasteiger partial charge in [-0.2, -0.15) is 0 Å². The molecule has 1 heterocycles. The van der Waals surface area contributed by atoms with Gasteiger partial charge in [0.2, 0.25) is 0 Å². The maximum Gasteiger partial charge on any atom is 0.0796 e. The number of hydrogen-bond acceptors (Lipinski definition) is 4. The SMILES string of the molecule is CN=C/C(Br)=C1/NC(C)=C(C)N/C1=C\NC(C)(C)C. The first-order valence-electron chi connectivity index (χ1n) is 6.26. The smallest absolute Gasteiger partial charge is 0.0796 e. The molecule has 0 aliphatic carbocycles. The first-order valence-corrected chi connectivity index (χ1v) is 7.05. The van der Waals surface area contributed by atoms with E-state index in [2.05, 4.69) is 57.6 Å². The summed E-state index contributed by atoms with van der Waals surface area (Å²) in [5.41, 5.74) is 4.20. The van der Waals surface area contributed by atoms with Crippen molar-refractivity contribution in [2.24, 2.45) is 4.99 Å². The second-order valence-corrected chi connectivity index (χ2v) is 6.42. The van der Waals surface area contributed by atoms with E-state index in [4.69, 9.17) is 0 Å². The first kappa shape index (κ1) is 15.8. The fourth-order valence-electron chi connectivity index (χ4n) is 1.47. The number of hydrogen-bond donors (Lipinski definition) is 3. The number of rotatable bonds is 2. The molecule has 0 atom stereocenters. The Hall–Kier alpha value is -1.23. The zero-order chi connectivity index (χ0) is 14.6. The summed E-state index contributed by atoms with van der Waals surface area (Å²) in [4.78, 5) is 4.04. The Morgan fingerprint density at radius 2 is 1.79 bits per heavy atom. The van der Waals surface area contributed by atoms with Crippen LogP contribution in [0.3, 0.4) is 0 Å². The van der Waals surface area contributed by atoms with Crippen molar-refractivity contribution in [3.8, 4) is 0 Å². The van der Waals surface area contributed by atoms with Gasteiger partial charge < -0.3 is 16.0 Å². The fraction of sp³-hybridized carbons (Fsp3) is 0.500. The topological polar surface area (TPSA) is 48.5 Å². The molecule has 0 fully saturated rings. The lowest BCUT2D eigenvalue weighted by molar-refractivity contribution is 0.488. The quantitative estimate of drug-likeness (QED) is 0.684. The summed E-state index contributed by atoms with van der Waals surface area (Å²) in [7, 11) is 1.75. The number of halogens is 1. The predicted molar refractivity (Wildman–Crippen MR) is 86.0 cm³/mol. The maximum atomic E-state index is 4.04. The van der Waals surface area contributed by atoms with E-state index in [1.54, 1.807) is 13.3 Å². The molecule has 4 nitrogen and oxygen atoms in total. The van der Waals surface area contributed by atoms with Crippen molar-refractivity contribution < 1.29 is 0 Å². The predicted octanol–water partition coefficient (Wildman–Crippen LogP) is 2.97. The third-order valence-electron chi connectivity index (χ3n) is 2.60. The van der Waals surface area contributed by atoms with Crippen LogP contribution in [0.4, 0.5) is 0 Å². The minimum absolute atomic E-state index is 0.0230. The molecule has 5 heteroatoms. The van der Waals surface area contributed by atoms with E-state index in [0.717, 1.165) is 27.3 Å². The van der Waals surface area contributed by atoms with E-state index in [1.807, 2.05) is 20.0 Å². The first-order chi connectivity index (χ1) is 8.74. The highest BCUT2D eigenvalue weighted by Crippen LogP contribution is 2.21. The maximum absolute atomic E-state index is 4.04. The molecule has 1 aliphatic heterocycles. The summed E-state index contributed by atoms with van der Waals surface area (Å²) >= 11 is 3.54. The Kier molecular flexibility index (Phi) is 5.23. The van der Waals surface area contributed by atoms with Crippen molar-refractivity contribution in [2.45, 2.75) is 40.2 Å². The van der Waals surface area contributed by atoms with E-state index in [0.29, 0.717) is 0 Å². The summed E-state index contributed by atoms with van der Waals surface area (Å²) in [6.45, 7) is 10.5. The fourth-order valence-corrected chi connectivity index (χ4v) is 1.99. The van der Waals surface area contributed by atoms with Gasteiger partial charge in [0.25, 0.3) is 0 Å². The summed E-state index contributed by atoms with van der Waals surface area (Å²) in [5.74, 6) is 0. The van der Waals surface area contributed by atoms with Gasteiger partial charge in [-0.15, -0.1) is 0 Å². The van der Waals surface area contributed by atoms with Gasteiger partial charge in [-0.25, -0.2) is 0 Å². The molecule has 0 unspecified atom stereocenters. The van der Waals surface area contributed by atoms with E-state index >= 15 is 0 Å². The van der Waals surface area contributed by atoms with Crippen LogP contribution in [0, 0.1) is 0 Å². The van der Waals surface area contributed by atoms with Crippen molar-refractivity contribution >= 4 is 22.1 Å². The van der Waals surface area contributed by atoms with Gasteiger partial charge in [-0.05, 0) is 50.5 Å². The third kappa shape index (κ3) is 4.74. The molecule has 0 aromatic carbocycles. The number of nitrogens with zero attached hydrogens (tertiary/aromatic N) is 1. The molecule has 0 aromatic heterocycles. The number of aliphatic imine (C=N–C) groups is 1. The minimum atomic E-state index is 0.0230. The Morgan fingerprint density at radius 1 is 1.21 bits per heavy atom. The Balaban J connectivity index is 3.15. The van der Waals surface area contributed by atoms with E-state index in [-0.39, 0.29) is 5.54 Å². The van der Waals surface area contributed by atoms with Gasteiger partial charge >= 0.3 is 0 Å². The van der Waals surface area contributed by atoms with Crippen LogP contribution in [0.25, 0.3) is 0 Å². The van der Waals surface area contributed by atoms with Crippen molar-refractivity contribution in [2.75, 3.05) is 7.05 Å². The Bertz CT molecular complexity index is 464. The lowest BCUT2D eigenvalue weighted by Gasteiger charge is -2.27. The molecule has 1 aliphatic rings. The molecular formula is C14H23BrN4. The van der Waals surface area contributed by atoms with Crippen LogP contribution < -0.4 is 16.0 Å². The molecule has 0 saturated carbocycles. The molecule has 0 amide bonds. The molecule has 0 aromatic rings. The van der Waals surface area contributed by atoms with Gasteiger partial charge in [0.05, 0.1) is 15.9 Å². The lowest BCUT2D eigenvalue weighted by Crippen LogP contribution is -2.36. The zero-order valence-corrected chi connectivity index (χ0v) is 14.1. The van der Waals surface area contributed by atoms with Crippen molar-refractivity contribution in [1.29, 1.82) is 0 Å². The average molecular weight is 327 g/mol. The third-order valence-corrected chi connectivity index (χ3v) is 3.20. The van der Waals surface area contributed by atoms with Crippen molar-refractivity contribution in [3.63, 3.8) is 0 Å². The minimum Gasteiger partial charge on any atom is -0.385 e. The van der Waals surface area contributed by atoms with Crippen LogP contribution in [0.15, 0.2) is 38.5 Å². The molecule has 0 spiro atoms. The second-order valence-electron chi connectivity index (χ2n) is 5.56. The zero-order valence-electron chi connectivity index (χ0n) is 12.5. The summed E-state index contributed by atoms with van der Waals surface area (Å²) in [6, 6.07) is 0. The lowest BCUT2D eigenvalue weighted by atomic mass is 10.1. The van der Waals surface area contributed by atoms with Crippen molar-refractivity contribution in [1.82, 2.24) is 16.0 Å². The summed E-state index contributed by atoms with van der Waals surface area (Å²) in [6.07, 6.45) is 3.77. The van der Waals surface area contributed by atoms with Crippen LogP contribution in [0.5, 0.6) is 0 Å². The molecule has 0 saturated heterocycles. The molecular weight excluding hydrogens is 304 g/mol. The van der Waals surface area contributed by atoms with Gasteiger partial charge in [0.1, 0.15) is 0 Å². The highest BCUT2D eigenvalue weighted by molar-refractivity contribution is 9.12. The molecule has 106 valence electrons. The average Bonchev–Trinajstić information content (AvgIpc) is 2.29. The van der Waals surface area contributed by atoms with Gasteiger partial charge in [0, 0.05) is 36.4 Å². The number of nitrogens with one attached hydrogen (secondary N) is 3. The largest absolute Gasteiger partial charge is 0.385 e. The Morgan fingerprint density at radius 3 is 2.32 bits per heavy atom. The highest BCUT2D eigenvalue weighted by Gasteiger charge is 2.17. The van der Waals surface area contributed by atoms with Crippen LogP contribution in [0.2, 0.25) is 0 Å². The molecule has 1 rings (SSSR count). The van der Waals surface area contributed by atoms with Crippen molar-refractivity contribution in [3.05, 3.63) is 33.5 Å². The van der Waals surface area contributed by atoms with Crippen LogP contribution in [-0.4, -0.2) is 18.8 Å². The monoisotopic (exact) mass is 326 g/mol. The van der Waals surface area contributed by atoms with E-state index in [9.17, 15) is 0 Å². The molecule has 3 N–H and O–H groups in total. The van der Waals surface area contributed by atoms with Crippen LogP contribution in [-0.2, 0) is 0 Å². The normalized spacial score (nSPS) is 21.5. The highest BCUT2D eigenvalue weighted by atomic mass is 79.9. The van der Waals surface area contributed by atoms with Crippen LogP contribution in [0.1, 0.15) is 34.6 Å². The van der Waals surface area contributed by atoms with Crippen LogP contribution >= 0.6 is 15.9 Å². The molecule has 19 heavy (non-hydrogen) atoms. The summed E-state index contributed by atoms with van der Waals surface area (Å²) in [5, 5.41) is 10.1. The van der Waals surface area contributed by atoms with Gasteiger partial charge in [-0.3, -0.25) is 4.99 Å². The molecule has 0 bridgehead atoms.